The van der Waals surface area contributed by atoms with Crippen molar-refractivity contribution in [1.82, 2.24) is 9.38 Å². The molecule has 0 amide bonds. The SMILES string of the molecule is Nc1c(-c2cc(F)ccc2F)nc2cc(C(=O)O)ccn12. The van der Waals surface area contributed by atoms with E-state index >= 15 is 0 Å². The second kappa shape index (κ2) is 4.55. The van der Waals surface area contributed by atoms with Crippen molar-refractivity contribution >= 4 is 17.4 Å². The molecule has 3 rings (SSSR count). The number of nitrogens with two attached hydrogens (primary N) is 1. The predicted octanol–water partition coefficient (Wildman–Crippen LogP) is 2.56. The number of imidazole rings is 1. The molecule has 0 saturated heterocycles. The van der Waals surface area contributed by atoms with Gasteiger partial charge in [0, 0.05) is 11.8 Å². The highest BCUT2D eigenvalue weighted by atomic mass is 19.1. The molecule has 0 bridgehead atoms. The Bertz CT molecular complexity index is 874. The van der Waals surface area contributed by atoms with E-state index in [0.717, 1.165) is 18.2 Å². The average Bonchev–Trinajstić information content (AvgIpc) is 2.78. The zero-order valence-electron chi connectivity index (χ0n) is 10.5. The number of hydrogen-bond acceptors (Lipinski definition) is 3. The molecule has 3 N–H and O–H groups in total. The number of carboxylic acids is 1. The van der Waals surface area contributed by atoms with Gasteiger partial charge in [0.05, 0.1) is 5.56 Å². The van der Waals surface area contributed by atoms with Gasteiger partial charge in [-0.25, -0.2) is 18.6 Å². The number of benzene rings is 1. The van der Waals surface area contributed by atoms with Gasteiger partial charge in [-0.2, -0.15) is 0 Å². The molecule has 0 spiro atoms. The van der Waals surface area contributed by atoms with Crippen LogP contribution in [-0.4, -0.2) is 20.5 Å². The normalized spacial score (nSPS) is 11.0. The number of nitrogen functional groups attached to an aromatic ring is 1. The first kappa shape index (κ1) is 13.0. The highest BCUT2D eigenvalue weighted by Gasteiger charge is 2.16. The Hall–Kier alpha value is -2.96. The molecule has 7 heteroatoms. The summed E-state index contributed by atoms with van der Waals surface area (Å²) in [5, 5.41) is 8.94. The van der Waals surface area contributed by atoms with E-state index in [-0.39, 0.29) is 28.3 Å². The summed E-state index contributed by atoms with van der Waals surface area (Å²) in [7, 11) is 0. The van der Waals surface area contributed by atoms with E-state index in [1.165, 1.54) is 22.7 Å². The van der Waals surface area contributed by atoms with Crippen molar-refractivity contribution in [1.29, 1.82) is 0 Å². The Balaban J connectivity index is 2.26. The van der Waals surface area contributed by atoms with E-state index < -0.39 is 17.6 Å². The van der Waals surface area contributed by atoms with E-state index in [2.05, 4.69) is 4.98 Å². The lowest BCUT2D eigenvalue weighted by Crippen LogP contribution is -1.99. The smallest absolute Gasteiger partial charge is 0.335 e. The van der Waals surface area contributed by atoms with Gasteiger partial charge in [0.25, 0.3) is 0 Å². The van der Waals surface area contributed by atoms with Crippen molar-refractivity contribution in [2.24, 2.45) is 0 Å². The van der Waals surface area contributed by atoms with Crippen LogP contribution < -0.4 is 5.73 Å². The molecule has 0 atom stereocenters. The molecule has 0 aliphatic rings. The number of rotatable bonds is 2. The Morgan fingerprint density at radius 1 is 1.24 bits per heavy atom. The standard InChI is InChI=1S/C14H9F2N3O2/c15-8-1-2-10(16)9(6-8)12-13(17)19-4-3-7(14(20)21)5-11(19)18-12/h1-6H,17H2,(H,20,21). The highest BCUT2D eigenvalue weighted by Crippen LogP contribution is 2.29. The number of nitrogens with zero attached hydrogens (tertiary/aromatic N) is 2. The van der Waals surface area contributed by atoms with Crippen LogP contribution in [0.1, 0.15) is 10.4 Å². The molecule has 0 aliphatic carbocycles. The van der Waals surface area contributed by atoms with Gasteiger partial charge in [0.2, 0.25) is 0 Å². The van der Waals surface area contributed by atoms with Crippen LogP contribution in [0.5, 0.6) is 0 Å². The number of pyridine rings is 1. The number of aromatic nitrogens is 2. The van der Waals surface area contributed by atoms with Crippen LogP contribution in [0.2, 0.25) is 0 Å². The van der Waals surface area contributed by atoms with Gasteiger partial charge in [-0.15, -0.1) is 0 Å². The topological polar surface area (TPSA) is 80.6 Å². The molecular weight excluding hydrogens is 280 g/mol. The van der Waals surface area contributed by atoms with E-state index in [1.54, 1.807) is 0 Å². The van der Waals surface area contributed by atoms with Gasteiger partial charge in [0.15, 0.2) is 0 Å². The minimum absolute atomic E-state index is 0.0266. The minimum atomic E-state index is -1.11. The summed E-state index contributed by atoms with van der Waals surface area (Å²) in [6.45, 7) is 0. The molecule has 1 aromatic carbocycles. The van der Waals surface area contributed by atoms with E-state index in [9.17, 15) is 13.6 Å². The monoisotopic (exact) mass is 289 g/mol. The van der Waals surface area contributed by atoms with Crippen LogP contribution in [0, 0.1) is 11.6 Å². The molecule has 2 aromatic heterocycles. The summed E-state index contributed by atoms with van der Waals surface area (Å²) >= 11 is 0. The Morgan fingerprint density at radius 2 is 2.00 bits per heavy atom. The third kappa shape index (κ3) is 2.08. The molecule has 0 radical (unpaired) electrons. The summed E-state index contributed by atoms with van der Waals surface area (Å²) < 4.78 is 28.5. The molecule has 5 nitrogen and oxygen atoms in total. The van der Waals surface area contributed by atoms with Gasteiger partial charge < -0.3 is 10.8 Å². The molecule has 0 aliphatic heterocycles. The maximum absolute atomic E-state index is 13.8. The van der Waals surface area contributed by atoms with Gasteiger partial charge in [-0.1, -0.05) is 0 Å². The van der Waals surface area contributed by atoms with Crippen LogP contribution in [0.3, 0.4) is 0 Å². The molecule has 106 valence electrons. The highest BCUT2D eigenvalue weighted by molar-refractivity contribution is 5.89. The summed E-state index contributed by atoms with van der Waals surface area (Å²) in [6.07, 6.45) is 1.42. The van der Waals surface area contributed by atoms with Crippen LogP contribution in [0.15, 0.2) is 36.5 Å². The lowest BCUT2D eigenvalue weighted by molar-refractivity contribution is 0.0697. The summed E-state index contributed by atoms with van der Waals surface area (Å²) in [6, 6.07) is 5.62. The second-order valence-electron chi connectivity index (χ2n) is 4.42. The Morgan fingerprint density at radius 3 is 2.71 bits per heavy atom. The van der Waals surface area contributed by atoms with Crippen molar-refractivity contribution in [3.63, 3.8) is 0 Å². The van der Waals surface area contributed by atoms with Crippen LogP contribution >= 0.6 is 0 Å². The summed E-state index contributed by atoms with van der Waals surface area (Å²) in [4.78, 5) is 15.0. The minimum Gasteiger partial charge on any atom is -0.478 e. The Labute approximate surface area is 117 Å². The first-order chi connectivity index (χ1) is 9.97. The van der Waals surface area contributed by atoms with E-state index in [4.69, 9.17) is 10.8 Å². The first-order valence-electron chi connectivity index (χ1n) is 5.93. The molecule has 0 fully saturated rings. The fourth-order valence-corrected chi connectivity index (χ4v) is 2.07. The van der Waals surface area contributed by atoms with Crippen LogP contribution in [0.25, 0.3) is 16.9 Å². The molecule has 2 heterocycles. The van der Waals surface area contributed by atoms with Crippen LogP contribution in [-0.2, 0) is 0 Å². The van der Waals surface area contributed by atoms with Crippen LogP contribution in [0.4, 0.5) is 14.6 Å². The number of carboxylic acid groups (broad SMARTS) is 1. The van der Waals surface area contributed by atoms with Crippen molar-refractivity contribution in [3.05, 3.63) is 53.7 Å². The largest absolute Gasteiger partial charge is 0.478 e. The second-order valence-corrected chi connectivity index (χ2v) is 4.42. The zero-order chi connectivity index (χ0) is 15.1. The van der Waals surface area contributed by atoms with Crippen molar-refractivity contribution < 1.29 is 18.7 Å². The number of anilines is 1. The number of hydrogen-bond donors (Lipinski definition) is 2. The molecule has 21 heavy (non-hydrogen) atoms. The summed E-state index contributed by atoms with van der Waals surface area (Å²) in [5.41, 5.74) is 6.14. The zero-order valence-corrected chi connectivity index (χ0v) is 10.5. The lowest BCUT2D eigenvalue weighted by atomic mass is 10.1. The van der Waals surface area contributed by atoms with Crippen molar-refractivity contribution in [3.8, 4) is 11.3 Å². The maximum Gasteiger partial charge on any atom is 0.335 e. The number of halogens is 2. The number of carbonyl (C=O) groups is 1. The van der Waals surface area contributed by atoms with Gasteiger partial charge in [-0.05, 0) is 30.3 Å². The molecule has 0 saturated carbocycles. The van der Waals surface area contributed by atoms with E-state index in [1.807, 2.05) is 0 Å². The average molecular weight is 289 g/mol. The number of aromatic carboxylic acids is 1. The third-order valence-electron chi connectivity index (χ3n) is 3.09. The lowest BCUT2D eigenvalue weighted by Gasteiger charge is -2.01. The fourth-order valence-electron chi connectivity index (χ4n) is 2.07. The Kier molecular flexibility index (Phi) is 2.83. The first-order valence-corrected chi connectivity index (χ1v) is 5.93. The summed E-state index contributed by atoms with van der Waals surface area (Å²) in [5.74, 6) is -2.29. The molecule has 3 aromatic rings. The fraction of sp³-hybridized carbons (Fsp3) is 0. The molecular formula is C14H9F2N3O2. The van der Waals surface area contributed by atoms with Gasteiger partial charge in [-0.3, -0.25) is 4.40 Å². The predicted molar refractivity (Wildman–Crippen MR) is 71.9 cm³/mol. The number of fused-ring (bicyclic) bond motifs is 1. The molecule has 0 unspecified atom stereocenters. The third-order valence-corrected chi connectivity index (χ3v) is 3.09. The maximum atomic E-state index is 13.8. The van der Waals surface area contributed by atoms with Gasteiger partial charge >= 0.3 is 5.97 Å². The van der Waals surface area contributed by atoms with E-state index in [0.29, 0.717) is 0 Å². The quantitative estimate of drug-likeness (QED) is 0.759. The van der Waals surface area contributed by atoms with Gasteiger partial charge in [0.1, 0.15) is 28.8 Å². The van der Waals surface area contributed by atoms with Crippen molar-refractivity contribution in [2.45, 2.75) is 0 Å². The van der Waals surface area contributed by atoms with Crippen molar-refractivity contribution in [2.75, 3.05) is 5.73 Å².